The minimum Gasteiger partial charge on any atom is -0.389 e. The molecule has 1 N–H and O–H groups in total. The van der Waals surface area contributed by atoms with E-state index in [2.05, 4.69) is 23.7 Å². The zero-order valence-electron chi connectivity index (χ0n) is 10.9. The van der Waals surface area contributed by atoms with Crippen LogP contribution in [0.15, 0.2) is 30.3 Å². The van der Waals surface area contributed by atoms with Gasteiger partial charge in [-0.1, -0.05) is 37.0 Å². The van der Waals surface area contributed by atoms with Crippen molar-refractivity contribution in [3.63, 3.8) is 0 Å². The van der Waals surface area contributed by atoms with Crippen molar-refractivity contribution in [2.45, 2.75) is 26.4 Å². The molecule has 0 fully saturated rings. The van der Waals surface area contributed by atoms with Crippen LogP contribution < -0.4 is 0 Å². The van der Waals surface area contributed by atoms with Gasteiger partial charge in [0.25, 0.3) is 0 Å². The average molecular weight is 231 g/mol. The van der Waals surface area contributed by atoms with Crippen LogP contribution in [0.25, 0.3) is 0 Å². The van der Waals surface area contributed by atoms with Crippen molar-refractivity contribution < 1.29 is 5.11 Å². The molecular formula is C15H21NO. The summed E-state index contributed by atoms with van der Waals surface area (Å²) in [5.74, 6) is 6.26. The number of hydrogen-bond donors (Lipinski definition) is 1. The predicted molar refractivity (Wildman–Crippen MR) is 71.7 cm³/mol. The van der Waals surface area contributed by atoms with Crippen LogP contribution in [0.3, 0.4) is 0 Å². The Kier molecular flexibility index (Phi) is 5.21. The first-order chi connectivity index (χ1) is 8.01. The zero-order chi connectivity index (χ0) is 12.7. The third kappa shape index (κ3) is 6.11. The molecule has 1 rings (SSSR count). The molecule has 0 saturated carbocycles. The number of benzene rings is 1. The summed E-state index contributed by atoms with van der Waals surface area (Å²) in [5, 5.41) is 9.75. The van der Waals surface area contributed by atoms with Crippen LogP contribution >= 0.6 is 0 Å². The Balaban J connectivity index is 2.51. The van der Waals surface area contributed by atoms with Crippen LogP contribution in [-0.4, -0.2) is 35.2 Å². The normalized spacial score (nSPS) is 11.1. The van der Waals surface area contributed by atoms with E-state index in [0.717, 1.165) is 12.1 Å². The third-order valence-corrected chi connectivity index (χ3v) is 2.37. The SMILES string of the molecule is CCN(CC#Cc1ccccc1)CC(C)(C)O. The molecule has 0 aliphatic carbocycles. The van der Waals surface area contributed by atoms with Crippen molar-refractivity contribution in [2.24, 2.45) is 0 Å². The maximum absolute atomic E-state index is 9.75. The van der Waals surface area contributed by atoms with Gasteiger partial charge in [-0.3, -0.25) is 4.90 Å². The van der Waals surface area contributed by atoms with E-state index in [1.165, 1.54) is 0 Å². The number of likely N-dealkylation sites (N-methyl/N-ethyl adjacent to an activating group) is 1. The zero-order valence-corrected chi connectivity index (χ0v) is 10.9. The van der Waals surface area contributed by atoms with Gasteiger partial charge in [0.2, 0.25) is 0 Å². The average Bonchev–Trinajstić information content (AvgIpc) is 2.27. The van der Waals surface area contributed by atoms with Gasteiger partial charge in [-0.25, -0.2) is 0 Å². The fourth-order valence-corrected chi connectivity index (χ4v) is 1.60. The van der Waals surface area contributed by atoms with Gasteiger partial charge in [-0.15, -0.1) is 0 Å². The second-order valence-corrected chi connectivity index (χ2v) is 4.78. The first kappa shape index (κ1) is 13.8. The van der Waals surface area contributed by atoms with Crippen molar-refractivity contribution in [2.75, 3.05) is 19.6 Å². The minimum atomic E-state index is -0.662. The lowest BCUT2D eigenvalue weighted by Crippen LogP contribution is -2.38. The highest BCUT2D eigenvalue weighted by molar-refractivity contribution is 5.33. The van der Waals surface area contributed by atoms with Crippen LogP contribution in [0.1, 0.15) is 26.3 Å². The summed E-state index contributed by atoms with van der Waals surface area (Å²) in [4.78, 5) is 2.13. The van der Waals surface area contributed by atoms with Crippen molar-refractivity contribution in [1.29, 1.82) is 0 Å². The molecule has 0 bridgehead atoms. The van der Waals surface area contributed by atoms with E-state index >= 15 is 0 Å². The summed E-state index contributed by atoms with van der Waals surface area (Å²) in [6.45, 7) is 7.95. The minimum absolute atomic E-state index is 0.646. The van der Waals surface area contributed by atoms with E-state index in [-0.39, 0.29) is 0 Å². The summed E-state index contributed by atoms with van der Waals surface area (Å²) < 4.78 is 0. The predicted octanol–water partition coefficient (Wildman–Crippen LogP) is 2.13. The Hall–Kier alpha value is -1.30. The Labute approximate surface area is 104 Å². The largest absolute Gasteiger partial charge is 0.389 e. The van der Waals surface area contributed by atoms with Crippen molar-refractivity contribution >= 4 is 0 Å². The van der Waals surface area contributed by atoms with Gasteiger partial charge in [0.15, 0.2) is 0 Å². The van der Waals surface area contributed by atoms with Gasteiger partial charge in [0.05, 0.1) is 12.1 Å². The Morgan fingerprint density at radius 3 is 2.41 bits per heavy atom. The van der Waals surface area contributed by atoms with Crippen LogP contribution in [0.5, 0.6) is 0 Å². The summed E-state index contributed by atoms with van der Waals surface area (Å²) in [7, 11) is 0. The van der Waals surface area contributed by atoms with Crippen LogP contribution in [-0.2, 0) is 0 Å². The second kappa shape index (κ2) is 6.44. The molecule has 0 atom stereocenters. The maximum atomic E-state index is 9.75. The molecule has 0 aliphatic rings. The highest BCUT2D eigenvalue weighted by atomic mass is 16.3. The summed E-state index contributed by atoms with van der Waals surface area (Å²) >= 11 is 0. The fourth-order valence-electron chi connectivity index (χ4n) is 1.60. The molecule has 2 heteroatoms. The highest BCUT2D eigenvalue weighted by Crippen LogP contribution is 2.04. The Morgan fingerprint density at radius 2 is 1.88 bits per heavy atom. The van der Waals surface area contributed by atoms with Crippen LogP contribution in [0.2, 0.25) is 0 Å². The van der Waals surface area contributed by atoms with E-state index in [1.54, 1.807) is 0 Å². The molecule has 1 aromatic rings. The summed E-state index contributed by atoms with van der Waals surface area (Å²) in [6, 6.07) is 9.95. The number of aliphatic hydroxyl groups is 1. The van der Waals surface area contributed by atoms with E-state index in [9.17, 15) is 5.11 Å². The number of nitrogens with zero attached hydrogens (tertiary/aromatic N) is 1. The molecule has 17 heavy (non-hydrogen) atoms. The van der Waals surface area contributed by atoms with E-state index < -0.39 is 5.60 Å². The second-order valence-electron chi connectivity index (χ2n) is 4.78. The lowest BCUT2D eigenvalue weighted by Gasteiger charge is -2.26. The smallest absolute Gasteiger partial charge is 0.0718 e. The Morgan fingerprint density at radius 1 is 1.24 bits per heavy atom. The molecule has 1 aromatic carbocycles. The number of rotatable bonds is 4. The van der Waals surface area contributed by atoms with Gasteiger partial charge in [0, 0.05) is 12.1 Å². The molecule has 92 valence electrons. The van der Waals surface area contributed by atoms with Crippen LogP contribution in [0, 0.1) is 11.8 Å². The van der Waals surface area contributed by atoms with Crippen LogP contribution in [0.4, 0.5) is 0 Å². The van der Waals surface area contributed by atoms with Crippen molar-refractivity contribution in [1.82, 2.24) is 4.90 Å². The molecule has 0 radical (unpaired) electrons. The topological polar surface area (TPSA) is 23.5 Å². The first-order valence-corrected chi connectivity index (χ1v) is 6.00. The molecule has 0 saturated heterocycles. The molecular weight excluding hydrogens is 210 g/mol. The Bertz CT molecular complexity index is 381. The van der Waals surface area contributed by atoms with Gasteiger partial charge in [-0.05, 0) is 32.5 Å². The third-order valence-electron chi connectivity index (χ3n) is 2.37. The lowest BCUT2D eigenvalue weighted by molar-refractivity contribution is 0.0422. The van der Waals surface area contributed by atoms with Crippen molar-refractivity contribution in [3.05, 3.63) is 35.9 Å². The lowest BCUT2D eigenvalue weighted by atomic mass is 10.1. The van der Waals surface area contributed by atoms with Gasteiger partial charge >= 0.3 is 0 Å². The molecule has 0 aromatic heterocycles. The summed E-state index contributed by atoms with van der Waals surface area (Å²) in [6.07, 6.45) is 0. The molecule has 0 heterocycles. The van der Waals surface area contributed by atoms with Crippen molar-refractivity contribution in [3.8, 4) is 11.8 Å². The highest BCUT2D eigenvalue weighted by Gasteiger charge is 2.15. The van der Waals surface area contributed by atoms with E-state index in [4.69, 9.17) is 0 Å². The first-order valence-electron chi connectivity index (χ1n) is 6.00. The summed E-state index contributed by atoms with van der Waals surface area (Å²) in [5.41, 5.74) is 0.372. The molecule has 0 spiro atoms. The maximum Gasteiger partial charge on any atom is 0.0718 e. The van der Waals surface area contributed by atoms with Gasteiger partial charge in [-0.2, -0.15) is 0 Å². The molecule has 0 aliphatic heterocycles. The monoisotopic (exact) mass is 231 g/mol. The van der Waals surface area contributed by atoms with Gasteiger partial charge < -0.3 is 5.11 Å². The quantitative estimate of drug-likeness (QED) is 0.802. The fraction of sp³-hybridized carbons (Fsp3) is 0.467. The van der Waals surface area contributed by atoms with E-state index in [1.807, 2.05) is 44.2 Å². The molecule has 0 unspecified atom stereocenters. The molecule has 2 nitrogen and oxygen atoms in total. The number of hydrogen-bond acceptors (Lipinski definition) is 2. The van der Waals surface area contributed by atoms with E-state index in [0.29, 0.717) is 13.1 Å². The standard InChI is InChI=1S/C15H21NO/c1-4-16(13-15(2,3)17)12-8-11-14-9-6-5-7-10-14/h5-7,9-10,17H,4,12-13H2,1-3H3. The van der Waals surface area contributed by atoms with Gasteiger partial charge in [0.1, 0.15) is 0 Å². The molecule has 0 amide bonds.